The summed E-state index contributed by atoms with van der Waals surface area (Å²) >= 11 is 0. The number of fused-ring (bicyclic) bond motifs is 1. The first kappa shape index (κ1) is 15.1. The lowest BCUT2D eigenvalue weighted by Crippen LogP contribution is -2.04. The van der Waals surface area contributed by atoms with Gasteiger partial charge in [0.2, 0.25) is 0 Å². The van der Waals surface area contributed by atoms with Gasteiger partial charge in [0.1, 0.15) is 5.76 Å². The van der Waals surface area contributed by atoms with Gasteiger partial charge in [0.15, 0.2) is 23.0 Å². The van der Waals surface area contributed by atoms with Crippen LogP contribution in [-0.4, -0.2) is 26.6 Å². The normalized spacial score (nSPS) is 10.9. The summed E-state index contributed by atoms with van der Waals surface area (Å²) in [5.41, 5.74) is 2.41. The number of aromatic hydroxyl groups is 1. The van der Waals surface area contributed by atoms with E-state index in [1.165, 1.54) is 7.11 Å². The summed E-state index contributed by atoms with van der Waals surface area (Å²) in [5, 5.41) is 13.0. The lowest BCUT2D eigenvalue weighted by Gasteiger charge is -2.11. The summed E-state index contributed by atoms with van der Waals surface area (Å²) < 4.78 is 12.4. The molecular formula is C18H16N4O3. The Morgan fingerprint density at radius 3 is 3.00 bits per heavy atom. The molecule has 3 heterocycles. The number of anilines is 1. The van der Waals surface area contributed by atoms with Crippen molar-refractivity contribution in [2.75, 3.05) is 12.4 Å². The number of rotatable bonds is 5. The van der Waals surface area contributed by atoms with Gasteiger partial charge in [0.25, 0.3) is 0 Å². The SMILES string of the molecule is COc1cc(-c2cnc(NCc3ccco3)c3nccn23)ccc1O. The van der Waals surface area contributed by atoms with E-state index in [2.05, 4.69) is 15.3 Å². The van der Waals surface area contributed by atoms with E-state index in [1.54, 1.807) is 30.8 Å². The number of nitrogens with zero attached hydrogens (tertiary/aromatic N) is 3. The molecule has 0 amide bonds. The van der Waals surface area contributed by atoms with E-state index in [0.717, 1.165) is 17.0 Å². The second-order valence-corrected chi connectivity index (χ2v) is 5.43. The molecule has 0 aliphatic rings. The molecule has 2 N–H and O–H groups in total. The van der Waals surface area contributed by atoms with Gasteiger partial charge in [0, 0.05) is 18.0 Å². The Morgan fingerprint density at radius 1 is 1.28 bits per heavy atom. The molecule has 7 heteroatoms. The van der Waals surface area contributed by atoms with E-state index in [4.69, 9.17) is 9.15 Å². The highest BCUT2D eigenvalue weighted by atomic mass is 16.5. The molecule has 0 saturated carbocycles. The van der Waals surface area contributed by atoms with Crippen LogP contribution >= 0.6 is 0 Å². The van der Waals surface area contributed by atoms with Gasteiger partial charge >= 0.3 is 0 Å². The molecule has 0 radical (unpaired) electrons. The average molecular weight is 336 g/mol. The van der Waals surface area contributed by atoms with E-state index in [-0.39, 0.29) is 5.75 Å². The first-order valence-corrected chi connectivity index (χ1v) is 7.72. The van der Waals surface area contributed by atoms with Gasteiger partial charge in [-0.1, -0.05) is 0 Å². The highest BCUT2D eigenvalue weighted by molar-refractivity contribution is 5.71. The molecule has 0 bridgehead atoms. The van der Waals surface area contributed by atoms with Gasteiger partial charge in [-0.25, -0.2) is 9.97 Å². The Morgan fingerprint density at radius 2 is 2.20 bits per heavy atom. The molecule has 3 aromatic heterocycles. The lowest BCUT2D eigenvalue weighted by molar-refractivity contribution is 0.373. The molecule has 1 aromatic carbocycles. The minimum atomic E-state index is 0.0952. The fraction of sp³-hybridized carbons (Fsp3) is 0.111. The highest BCUT2D eigenvalue weighted by Gasteiger charge is 2.12. The third-order valence-corrected chi connectivity index (χ3v) is 3.91. The van der Waals surface area contributed by atoms with Crippen LogP contribution < -0.4 is 10.1 Å². The van der Waals surface area contributed by atoms with Crippen LogP contribution in [0.15, 0.2) is 59.6 Å². The minimum Gasteiger partial charge on any atom is -0.504 e. The maximum absolute atomic E-state index is 9.78. The first-order valence-electron chi connectivity index (χ1n) is 7.72. The fourth-order valence-corrected chi connectivity index (χ4v) is 2.68. The number of methoxy groups -OCH3 is 1. The summed E-state index contributed by atoms with van der Waals surface area (Å²) in [7, 11) is 1.52. The Labute approximate surface area is 143 Å². The van der Waals surface area contributed by atoms with E-state index in [0.29, 0.717) is 23.8 Å². The zero-order chi connectivity index (χ0) is 17.2. The Balaban J connectivity index is 1.72. The summed E-state index contributed by atoms with van der Waals surface area (Å²) in [6, 6.07) is 8.91. The van der Waals surface area contributed by atoms with Crippen molar-refractivity contribution >= 4 is 11.5 Å². The van der Waals surface area contributed by atoms with Crippen molar-refractivity contribution in [3.8, 4) is 22.8 Å². The van der Waals surface area contributed by atoms with Crippen molar-refractivity contribution in [3.63, 3.8) is 0 Å². The third-order valence-electron chi connectivity index (χ3n) is 3.91. The van der Waals surface area contributed by atoms with Gasteiger partial charge < -0.3 is 19.6 Å². The number of nitrogens with one attached hydrogen (secondary N) is 1. The molecule has 0 fully saturated rings. The van der Waals surface area contributed by atoms with Gasteiger partial charge in [-0.05, 0) is 30.3 Å². The van der Waals surface area contributed by atoms with Crippen LogP contribution in [0.1, 0.15) is 5.76 Å². The molecular weight excluding hydrogens is 320 g/mol. The van der Waals surface area contributed by atoms with Crippen molar-refractivity contribution in [3.05, 3.63) is 60.9 Å². The summed E-state index contributed by atoms with van der Waals surface area (Å²) in [4.78, 5) is 8.88. The van der Waals surface area contributed by atoms with Crippen molar-refractivity contribution in [2.24, 2.45) is 0 Å². The molecule has 0 spiro atoms. The van der Waals surface area contributed by atoms with E-state index >= 15 is 0 Å². The van der Waals surface area contributed by atoms with Gasteiger partial charge in [-0.15, -0.1) is 0 Å². The summed E-state index contributed by atoms with van der Waals surface area (Å²) in [6.45, 7) is 0.523. The molecule has 4 aromatic rings. The van der Waals surface area contributed by atoms with Crippen LogP contribution in [-0.2, 0) is 6.54 Å². The topological polar surface area (TPSA) is 84.8 Å². The molecule has 4 rings (SSSR count). The Kier molecular flexibility index (Phi) is 3.74. The van der Waals surface area contributed by atoms with Gasteiger partial charge in [0.05, 0.1) is 31.8 Å². The number of imidazole rings is 1. The standard InChI is InChI=1S/C18H16N4O3/c1-24-16-9-12(4-5-15(16)23)14-11-21-17(18-19-6-7-22(14)18)20-10-13-3-2-8-25-13/h2-9,11,23H,10H2,1H3,(H,20,21). The molecule has 0 aliphatic carbocycles. The number of ether oxygens (including phenoxy) is 1. The predicted molar refractivity (Wildman–Crippen MR) is 92.7 cm³/mol. The van der Waals surface area contributed by atoms with Crippen molar-refractivity contribution < 1.29 is 14.3 Å². The maximum atomic E-state index is 9.78. The van der Waals surface area contributed by atoms with Crippen molar-refractivity contribution in [1.82, 2.24) is 14.4 Å². The number of aromatic nitrogens is 3. The van der Waals surface area contributed by atoms with Crippen LogP contribution in [0.3, 0.4) is 0 Å². The zero-order valence-corrected chi connectivity index (χ0v) is 13.5. The zero-order valence-electron chi connectivity index (χ0n) is 13.5. The Hall–Kier alpha value is -3.48. The van der Waals surface area contributed by atoms with Gasteiger partial charge in [-0.2, -0.15) is 0 Å². The molecule has 0 saturated heterocycles. The first-order chi connectivity index (χ1) is 12.3. The van der Waals surface area contributed by atoms with Crippen LogP contribution in [0.4, 0.5) is 5.82 Å². The minimum absolute atomic E-state index is 0.0952. The smallest absolute Gasteiger partial charge is 0.180 e. The molecule has 0 unspecified atom stereocenters. The summed E-state index contributed by atoms with van der Waals surface area (Å²) in [5.74, 6) is 1.98. The fourth-order valence-electron chi connectivity index (χ4n) is 2.68. The number of hydrogen-bond acceptors (Lipinski definition) is 6. The Bertz CT molecular complexity index is 1010. The number of benzene rings is 1. The molecule has 0 atom stereocenters. The second-order valence-electron chi connectivity index (χ2n) is 5.43. The molecule has 126 valence electrons. The monoisotopic (exact) mass is 336 g/mol. The van der Waals surface area contributed by atoms with Gasteiger partial charge in [-0.3, -0.25) is 4.40 Å². The largest absolute Gasteiger partial charge is 0.504 e. The van der Waals surface area contributed by atoms with Crippen LogP contribution in [0.5, 0.6) is 11.5 Å². The van der Waals surface area contributed by atoms with Crippen LogP contribution in [0, 0.1) is 0 Å². The van der Waals surface area contributed by atoms with E-state index < -0.39 is 0 Å². The van der Waals surface area contributed by atoms with Crippen LogP contribution in [0.25, 0.3) is 16.9 Å². The lowest BCUT2D eigenvalue weighted by atomic mass is 10.1. The average Bonchev–Trinajstić information content (AvgIpc) is 3.32. The number of hydrogen-bond donors (Lipinski definition) is 2. The second kappa shape index (κ2) is 6.20. The van der Waals surface area contributed by atoms with E-state index in [9.17, 15) is 5.11 Å². The molecule has 0 aliphatic heterocycles. The van der Waals surface area contributed by atoms with Crippen LogP contribution in [0.2, 0.25) is 0 Å². The number of phenols is 1. The third kappa shape index (κ3) is 2.76. The van der Waals surface area contributed by atoms with Crippen molar-refractivity contribution in [1.29, 1.82) is 0 Å². The molecule has 25 heavy (non-hydrogen) atoms. The quantitative estimate of drug-likeness (QED) is 0.581. The van der Waals surface area contributed by atoms with Crippen molar-refractivity contribution in [2.45, 2.75) is 6.54 Å². The van der Waals surface area contributed by atoms with E-state index in [1.807, 2.05) is 28.8 Å². The maximum Gasteiger partial charge on any atom is 0.180 e. The predicted octanol–water partition coefficient (Wildman–Crippen LogP) is 3.32. The number of phenolic OH excluding ortho intramolecular Hbond substituents is 1. The molecule has 7 nitrogen and oxygen atoms in total. The summed E-state index contributed by atoms with van der Waals surface area (Å²) in [6.07, 6.45) is 6.97. The highest BCUT2D eigenvalue weighted by Crippen LogP contribution is 2.32. The number of furan rings is 1.